The smallest absolute Gasteiger partial charge is 0.383 e. The maximum absolute atomic E-state index is 13.0. The number of carbonyl (C=O) groups is 1. The Morgan fingerprint density at radius 3 is 2.43 bits per heavy atom. The first-order valence-corrected chi connectivity index (χ1v) is 12.9. The van der Waals surface area contributed by atoms with Crippen LogP contribution < -0.4 is 32.5 Å². The third-order valence-electron chi connectivity index (χ3n) is 7.37. The number of nitrogens with two attached hydrogens (primary N) is 1. The van der Waals surface area contributed by atoms with Crippen LogP contribution >= 0.6 is 0 Å². The Balaban J connectivity index is 1.21. The number of anilines is 4. The number of imidazole rings is 1. The molecule has 214 valence electrons. The average molecular weight is 577 g/mol. The third-order valence-corrected chi connectivity index (χ3v) is 7.37. The van der Waals surface area contributed by atoms with Crippen LogP contribution in [-0.4, -0.2) is 38.3 Å². The fraction of sp³-hybridized carbons (Fsp3) is 0.214. The van der Waals surface area contributed by atoms with Gasteiger partial charge in [-0.3, -0.25) is 18.8 Å². The molecule has 5 N–H and O–H groups in total. The Labute approximate surface area is 235 Å². The van der Waals surface area contributed by atoms with Gasteiger partial charge in [0.2, 0.25) is 0 Å². The molecule has 0 bridgehead atoms. The molecule has 2 aromatic carbocycles. The summed E-state index contributed by atoms with van der Waals surface area (Å²) in [4.78, 5) is 49.2. The normalized spacial score (nSPS) is 16.8. The number of alkyl halides is 3. The van der Waals surface area contributed by atoms with E-state index in [-0.39, 0.29) is 29.2 Å². The molecular formula is C28H23F3N8O3. The zero-order chi connectivity index (χ0) is 29.8. The van der Waals surface area contributed by atoms with Gasteiger partial charge >= 0.3 is 6.18 Å². The van der Waals surface area contributed by atoms with Gasteiger partial charge in [-0.25, -0.2) is 15.0 Å². The van der Waals surface area contributed by atoms with Gasteiger partial charge in [-0.15, -0.1) is 0 Å². The number of nitrogens with zero attached hydrogens (tertiary/aromatic N) is 4. The molecule has 0 aliphatic heterocycles. The van der Waals surface area contributed by atoms with E-state index < -0.39 is 28.5 Å². The Hall–Kier alpha value is -5.27. The molecule has 5 aromatic rings. The number of amides is 1. The van der Waals surface area contributed by atoms with Crippen LogP contribution in [0, 0.1) is 0 Å². The lowest BCUT2D eigenvalue weighted by Gasteiger charge is -2.36. The number of nitrogens with one attached hydrogen (secondary N) is 3. The maximum atomic E-state index is 13.0. The zero-order valence-corrected chi connectivity index (χ0v) is 22.0. The van der Waals surface area contributed by atoms with E-state index in [1.165, 1.54) is 12.1 Å². The molecule has 3 aromatic heterocycles. The summed E-state index contributed by atoms with van der Waals surface area (Å²) in [5.41, 5.74) is 6.86. The lowest BCUT2D eigenvalue weighted by Crippen LogP contribution is -2.42. The predicted octanol–water partition coefficient (Wildman–Crippen LogP) is 3.64. The Bertz CT molecular complexity index is 1900. The van der Waals surface area contributed by atoms with Gasteiger partial charge in [-0.1, -0.05) is 12.1 Å². The van der Waals surface area contributed by atoms with Crippen molar-refractivity contribution in [3.05, 3.63) is 92.4 Å². The molecule has 0 atom stereocenters. The van der Waals surface area contributed by atoms with Crippen molar-refractivity contribution in [3.8, 4) is 11.3 Å². The van der Waals surface area contributed by atoms with Crippen LogP contribution in [0.1, 0.15) is 40.5 Å². The fourth-order valence-electron chi connectivity index (χ4n) is 5.14. The van der Waals surface area contributed by atoms with E-state index in [2.05, 4.69) is 25.9 Å². The van der Waals surface area contributed by atoms with E-state index >= 15 is 0 Å². The standard InChI is InChI=1S/C28H23F3N8O3/c1-33-20-21(24(41)23(20)40)36-17-10-15(11-17)26-38-19(22-25(32)35-8-9-39(22)26)13-2-4-14(5-3-13)27(42)37-18-12-16(6-7-34-18)28(29,30)31/h2-9,12,15,17,33,36H,10-11H2,1H3,(H2,32,35)(H,34,37,42). The molecule has 1 amide bonds. The molecular weight excluding hydrogens is 553 g/mol. The molecule has 14 heteroatoms. The Morgan fingerprint density at radius 1 is 1.02 bits per heavy atom. The van der Waals surface area contributed by atoms with E-state index in [4.69, 9.17) is 10.7 Å². The molecule has 0 saturated heterocycles. The lowest BCUT2D eigenvalue weighted by atomic mass is 9.79. The number of pyridine rings is 1. The summed E-state index contributed by atoms with van der Waals surface area (Å²) in [6.45, 7) is 0. The molecule has 6 rings (SSSR count). The third kappa shape index (κ3) is 4.60. The largest absolute Gasteiger partial charge is 0.416 e. The highest BCUT2D eigenvalue weighted by atomic mass is 19.4. The second-order valence-electron chi connectivity index (χ2n) is 9.98. The average Bonchev–Trinajstić information content (AvgIpc) is 3.33. The summed E-state index contributed by atoms with van der Waals surface area (Å²) in [6.07, 6.45) is 1.10. The first-order chi connectivity index (χ1) is 20.0. The van der Waals surface area contributed by atoms with Crippen molar-refractivity contribution in [2.24, 2.45) is 0 Å². The van der Waals surface area contributed by atoms with Crippen molar-refractivity contribution in [2.45, 2.75) is 31.0 Å². The Morgan fingerprint density at radius 2 is 1.74 bits per heavy atom. The molecule has 11 nitrogen and oxygen atoms in total. The van der Waals surface area contributed by atoms with E-state index in [1.54, 1.807) is 31.6 Å². The van der Waals surface area contributed by atoms with Crippen molar-refractivity contribution in [2.75, 3.05) is 28.7 Å². The number of halogens is 3. The Kier molecular flexibility index (Phi) is 6.40. The number of aromatic nitrogens is 4. The summed E-state index contributed by atoms with van der Waals surface area (Å²) >= 11 is 0. The topological polar surface area (TPSA) is 156 Å². The lowest BCUT2D eigenvalue weighted by molar-refractivity contribution is -0.137. The number of benzene rings is 1. The number of rotatable bonds is 7. The summed E-state index contributed by atoms with van der Waals surface area (Å²) in [5.74, 6) is 0.215. The monoisotopic (exact) mass is 576 g/mol. The first-order valence-electron chi connectivity index (χ1n) is 12.9. The van der Waals surface area contributed by atoms with E-state index in [0.29, 0.717) is 41.0 Å². The predicted molar refractivity (Wildman–Crippen MR) is 150 cm³/mol. The number of nitrogen functional groups attached to an aromatic ring is 1. The van der Waals surface area contributed by atoms with E-state index in [1.807, 2.05) is 4.40 Å². The molecule has 3 heterocycles. The van der Waals surface area contributed by atoms with Crippen LogP contribution in [0.4, 0.5) is 36.2 Å². The van der Waals surface area contributed by atoms with Crippen molar-refractivity contribution >= 4 is 34.4 Å². The van der Waals surface area contributed by atoms with Crippen LogP contribution in [0.5, 0.6) is 0 Å². The molecule has 1 aliphatic rings. The SMILES string of the molecule is CNc1c(NC2CC(c3nc(-c4ccc(C(=O)Nc5cc(C(F)(F)F)ccn5)cc4)c4c(N)nccn34)C2)c(=O)c1=O. The van der Waals surface area contributed by atoms with Gasteiger partial charge in [0.1, 0.15) is 40.0 Å². The molecule has 0 unspecified atom stereocenters. The number of fused-ring (bicyclic) bond motifs is 1. The van der Waals surface area contributed by atoms with E-state index in [9.17, 15) is 27.6 Å². The maximum Gasteiger partial charge on any atom is 0.416 e. The molecule has 1 saturated carbocycles. The van der Waals surface area contributed by atoms with Crippen molar-refractivity contribution in [1.29, 1.82) is 0 Å². The van der Waals surface area contributed by atoms with Crippen LogP contribution in [0.2, 0.25) is 0 Å². The number of carbonyl (C=O) groups excluding carboxylic acids is 1. The minimum atomic E-state index is -4.56. The summed E-state index contributed by atoms with van der Waals surface area (Å²) in [6, 6.07) is 7.98. The molecule has 42 heavy (non-hydrogen) atoms. The van der Waals surface area contributed by atoms with E-state index in [0.717, 1.165) is 24.2 Å². The van der Waals surface area contributed by atoms with Gasteiger partial charge in [0, 0.05) is 48.7 Å². The van der Waals surface area contributed by atoms with Crippen molar-refractivity contribution in [1.82, 2.24) is 19.4 Å². The quantitative estimate of drug-likeness (QED) is 0.212. The molecule has 0 radical (unpaired) electrons. The van der Waals surface area contributed by atoms with Gasteiger partial charge in [-0.2, -0.15) is 13.2 Å². The molecule has 0 spiro atoms. The van der Waals surface area contributed by atoms with Gasteiger partial charge in [0.05, 0.1) is 5.56 Å². The highest BCUT2D eigenvalue weighted by Gasteiger charge is 2.36. The summed E-state index contributed by atoms with van der Waals surface area (Å²) < 4.78 is 40.9. The van der Waals surface area contributed by atoms with Crippen LogP contribution in [0.25, 0.3) is 16.8 Å². The van der Waals surface area contributed by atoms with Gasteiger partial charge < -0.3 is 21.7 Å². The van der Waals surface area contributed by atoms with Crippen molar-refractivity contribution < 1.29 is 18.0 Å². The molecule has 1 fully saturated rings. The first kappa shape index (κ1) is 26.9. The van der Waals surface area contributed by atoms with Crippen molar-refractivity contribution in [3.63, 3.8) is 0 Å². The van der Waals surface area contributed by atoms with Crippen LogP contribution in [0.3, 0.4) is 0 Å². The molecule has 1 aliphatic carbocycles. The van der Waals surface area contributed by atoms with Gasteiger partial charge in [0.15, 0.2) is 0 Å². The zero-order valence-electron chi connectivity index (χ0n) is 22.0. The summed E-state index contributed by atoms with van der Waals surface area (Å²) in [5, 5.41) is 8.29. The minimum absolute atomic E-state index is 0.00973. The highest BCUT2D eigenvalue weighted by Crippen LogP contribution is 2.41. The second-order valence-corrected chi connectivity index (χ2v) is 9.98. The van der Waals surface area contributed by atoms with Gasteiger partial charge in [0.25, 0.3) is 16.8 Å². The number of hydrogen-bond donors (Lipinski definition) is 4. The number of hydrogen-bond acceptors (Lipinski definition) is 9. The highest BCUT2D eigenvalue weighted by molar-refractivity contribution is 6.04. The van der Waals surface area contributed by atoms with Gasteiger partial charge in [-0.05, 0) is 37.1 Å². The van der Waals surface area contributed by atoms with Crippen LogP contribution in [-0.2, 0) is 6.18 Å². The minimum Gasteiger partial charge on any atom is -0.383 e. The summed E-state index contributed by atoms with van der Waals surface area (Å²) in [7, 11) is 1.59. The van der Waals surface area contributed by atoms with Crippen LogP contribution in [0.15, 0.2) is 64.6 Å². The second kappa shape index (κ2) is 9.98. The fourth-order valence-corrected chi connectivity index (χ4v) is 5.14.